The molecule has 0 saturated carbocycles. The van der Waals surface area contributed by atoms with Gasteiger partial charge in [-0.05, 0) is 54.3 Å². The van der Waals surface area contributed by atoms with E-state index in [0.717, 1.165) is 6.54 Å². The van der Waals surface area contributed by atoms with Crippen molar-refractivity contribution in [2.75, 3.05) is 13.1 Å². The molecule has 0 spiro atoms. The first kappa shape index (κ1) is 14.3. The number of hydrogen-bond donors (Lipinski definition) is 1. The lowest BCUT2D eigenvalue weighted by Crippen LogP contribution is -2.29. The van der Waals surface area contributed by atoms with E-state index in [-0.39, 0.29) is 0 Å². The van der Waals surface area contributed by atoms with E-state index in [1.165, 1.54) is 54.6 Å². The Hall–Kier alpha value is -1.64. The number of rotatable bonds is 4. The molecule has 3 rings (SSSR count). The molecule has 1 aliphatic rings. The third-order valence-electron chi connectivity index (χ3n) is 4.30. The maximum Gasteiger partial charge on any atom is 0.0233 e. The second kappa shape index (κ2) is 6.88. The van der Waals surface area contributed by atoms with Gasteiger partial charge in [-0.15, -0.1) is 0 Å². The fraction of sp³-hybridized carbons (Fsp3) is 0.368. The summed E-state index contributed by atoms with van der Waals surface area (Å²) in [5.74, 6) is 0. The second-order valence-corrected chi connectivity index (χ2v) is 5.94. The molecule has 1 fully saturated rings. The number of hydrogen-bond acceptors (Lipinski definition) is 2. The van der Waals surface area contributed by atoms with Gasteiger partial charge in [0.25, 0.3) is 0 Å². The highest BCUT2D eigenvalue weighted by molar-refractivity contribution is 5.64. The molecule has 2 heteroatoms. The molecule has 2 N–H and O–H groups in total. The van der Waals surface area contributed by atoms with Crippen LogP contribution in [0.15, 0.2) is 48.5 Å². The van der Waals surface area contributed by atoms with E-state index in [1.54, 1.807) is 0 Å². The van der Waals surface area contributed by atoms with Gasteiger partial charge in [-0.25, -0.2) is 0 Å². The third kappa shape index (κ3) is 3.72. The summed E-state index contributed by atoms with van der Waals surface area (Å²) in [5.41, 5.74) is 10.8. The summed E-state index contributed by atoms with van der Waals surface area (Å²) in [7, 11) is 0. The predicted octanol–water partition coefficient (Wildman–Crippen LogP) is 3.80. The zero-order chi connectivity index (χ0) is 14.5. The van der Waals surface area contributed by atoms with Gasteiger partial charge in [0.1, 0.15) is 0 Å². The van der Waals surface area contributed by atoms with Crippen LogP contribution < -0.4 is 5.73 Å². The molecule has 1 heterocycles. The average Bonchev–Trinajstić information content (AvgIpc) is 2.56. The van der Waals surface area contributed by atoms with E-state index in [9.17, 15) is 0 Å². The molecule has 21 heavy (non-hydrogen) atoms. The van der Waals surface area contributed by atoms with Crippen LogP contribution in [-0.2, 0) is 13.1 Å². The lowest BCUT2D eigenvalue weighted by Gasteiger charge is -2.26. The van der Waals surface area contributed by atoms with E-state index in [4.69, 9.17) is 5.73 Å². The molecular weight excluding hydrogens is 256 g/mol. The van der Waals surface area contributed by atoms with E-state index in [1.807, 2.05) is 0 Å². The van der Waals surface area contributed by atoms with Crippen LogP contribution in [0.3, 0.4) is 0 Å². The van der Waals surface area contributed by atoms with Crippen LogP contribution in [0.5, 0.6) is 0 Å². The summed E-state index contributed by atoms with van der Waals surface area (Å²) < 4.78 is 0. The standard InChI is InChI=1S/C19H24N2/c20-14-16-7-9-18(10-8-16)19-6-4-5-17(13-19)15-21-11-2-1-3-12-21/h4-10,13H,1-3,11-12,14-15,20H2. The molecule has 2 nitrogen and oxygen atoms in total. The van der Waals surface area contributed by atoms with Gasteiger partial charge in [0.05, 0.1) is 0 Å². The van der Waals surface area contributed by atoms with Gasteiger partial charge in [0.2, 0.25) is 0 Å². The monoisotopic (exact) mass is 280 g/mol. The normalized spacial score (nSPS) is 16.0. The van der Waals surface area contributed by atoms with Crippen molar-refractivity contribution in [3.8, 4) is 11.1 Å². The molecule has 0 unspecified atom stereocenters. The Morgan fingerprint density at radius 3 is 2.29 bits per heavy atom. The van der Waals surface area contributed by atoms with Crippen molar-refractivity contribution in [2.24, 2.45) is 5.73 Å². The second-order valence-electron chi connectivity index (χ2n) is 5.94. The molecule has 1 aliphatic heterocycles. The van der Waals surface area contributed by atoms with Crippen LogP contribution >= 0.6 is 0 Å². The first-order valence-electron chi connectivity index (χ1n) is 7.96. The van der Waals surface area contributed by atoms with E-state index in [2.05, 4.69) is 53.4 Å². The minimum atomic E-state index is 0.606. The summed E-state index contributed by atoms with van der Waals surface area (Å²) in [4.78, 5) is 2.57. The van der Waals surface area contributed by atoms with Crippen molar-refractivity contribution in [3.05, 3.63) is 59.7 Å². The quantitative estimate of drug-likeness (QED) is 0.923. The average molecular weight is 280 g/mol. The number of nitrogens with zero attached hydrogens (tertiary/aromatic N) is 1. The highest BCUT2D eigenvalue weighted by Crippen LogP contribution is 2.22. The summed E-state index contributed by atoms with van der Waals surface area (Å²) in [6.45, 7) is 4.18. The van der Waals surface area contributed by atoms with E-state index >= 15 is 0 Å². The van der Waals surface area contributed by atoms with Crippen LogP contribution in [0.25, 0.3) is 11.1 Å². The third-order valence-corrected chi connectivity index (χ3v) is 4.30. The fourth-order valence-electron chi connectivity index (χ4n) is 3.06. The first-order valence-corrected chi connectivity index (χ1v) is 7.96. The van der Waals surface area contributed by atoms with Crippen molar-refractivity contribution >= 4 is 0 Å². The number of benzene rings is 2. The summed E-state index contributed by atoms with van der Waals surface area (Å²) >= 11 is 0. The molecular formula is C19H24N2. The molecule has 110 valence electrons. The van der Waals surface area contributed by atoms with Crippen molar-refractivity contribution in [3.63, 3.8) is 0 Å². The Morgan fingerprint density at radius 2 is 1.57 bits per heavy atom. The SMILES string of the molecule is NCc1ccc(-c2cccc(CN3CCCCC3)c2)cc1. The Bertz CT molecular complexity index is 568. The Kier molecular flexibility index (Phi) is 4.69. The molecule has 0 bridgehead atoms. The Balaban J connectivity index is 1.75. The van der Waals surface area contributed by atoms with Crippen molar-refractivity contribution in [1.82, 2.24) is 4.90 Å². The minimum Gasteiger partial charge on any atom is -0.326 e. The van der Waals surface area contributed by atoms with Crippen LogP contribution in [0.4, 0.5) is 0 Å². The number of likely N-dealkylation sites (tertiary alicyclic amines) is 1. The van der Waals surface area contributed by atoms with Gasteiger partial charge >= 0.3 is 0 Å². The van der Waals surface area contributed by atoms with Gasteiger partial charge in [-0.1, -0.05) is 48.9 Å². The molecule has 0 amide bonds. The van der Waals surface area contributed by atoms with E-state index < -0.39 is 0 Å². The summed E-state index contributed by atoms with van der Waals surface area (Å²) in [6, 6.07) is 17.5. The van der Waals surface area contributed by atoms with Crippen LogP contribution in [-0.4, -0.2) is 18.0 Å². The van der Waals surface area contributed by atoms with Crippen molar-refractivity contribution in [2.45, 2.75) is 32.4 Å². The van der Waals surface area contributed by atoms with E-state index in [0.29, 0.717) is 6.54 Å². The first-order chi connectivity index (χ1) is 10.3. The van der Waals surface area contributed by atoms with Gasteiger partial charge in [0.15, 0.2) is 0 Å². The largest absolute Gasteiger partial charge is 0.326 e. The topological polar surface area (TPSA) is 29.3 Å². The Labute approximate surface area is 127 Å². The molecule has 2 aromatic carbocycles. The Morgan fingerprint density at radius 1 is 0.810 bits per heavy atom. The zero-order valence-electron chi connectivity index (χ0n) is 12.6. The minimum absolute atomic E-state index is 0.606. The summed E-state index contributed by atoms with van der Waals surface area (Å²) in [6.07, 6.45) is 4.09. The maximum atomic E-state index is 5.66. The van der Waals surface area contributed by atoms with Gasteiger partial charge in [-0.3, -0.25) is 4.90 Å². The molecule has 1 saturated heterocycles. The van der Waals surface area contributed by atoms with Crippen molar-refractivity contribution in [1.29, 1.82) is 0 Å². The molecule has 0 atom stereocenters. The number of nitrogens with two attached hydrogens (primary N) is 1. The van der Waals surface area contributed by atoms with Gasteiger partial charge < -0.3 is 5.73 Å². The molecule has 2 aromatic rings. The van der Waals surface area contributed by atoms with Crippen LogP contribution in [0.1, 0.15) is 30.4 Å². The molecule has 0 aromatic heterocycles. The predicted molar refractivity (Wildman–Crippen MR) is 88.9 cm³/mol. The number of piperidine rings is 1. The molecule has 0 radical (unpaired) electrons. The lowest BCUT2D eigenvalue weighted by atomic mass is 10.0. The summed E-state index contributed by atoms with van der Waals surface area (Å²) in [5, 5.41) is 0. The highest BCUT2D eigenvalue weighted by Gasteiger charge is 2.10. The van der Waals surface area contributed by atoms with Crippen LogP contribution in [0, 0.1) is 0 Å². The van der Waals surface area contributed by atoms with Gasteiger partial charge in [0, 0.05) is 13.1 Å². The lowest BCUT2D eigenvalue weighted by molar-refractivity contribution is 0.221. The maximum absolute atomic E-state index is 5.66. The zero-order valence-corrected chi connectivity index (χ0v) is 12.6. The molecule has 0 aliphatic carbocycles. The van der Waals surface area contributed by atoms with Crippen molar-refractivity contribution < 1.29 is 0 Å². The van der Waals surface area contributed by atoms with Crippen LogP contribution in [0.2, 0.25) is 0 Å². The highest BCUT2D eigenvalue weighted by atomic mass is 15.1. The fourth-order valence-corrected chi connectivity index (χ4v) is 3.06. The van der Waals surface area contributed by atoms with Gasteiger partial charge in [-0.2, -0.15) is 0 Å². The smallest absolute Gasteiger partial charge is 0.0233 e.